The summed E-state index contributed by atoms with van der Waals surface area (Å²) < 4.78 is 0. The molecule has 86 valence electrons. The van der Waals surface area contributed by atoms with E-state index < -0.39 is 12.1 Å². The van der Waals surface area contributed by atoms with Crippen molar-refractivity contribution in [1.82, 2.24) is 16.0 Å². The van der Waals surface area contributed by atoms with Crippen LogP contribution in [0.15, 0.2) is 0 Å². The Morgan fingerprint density at radius 2 is 2.13 bits per heavy atom. The van der Waals surface area contributed by atoms with Gasteiger partial charge in [0.05, 0.1) is 6.10 Å². The number of aliphatic hydroxyl groups is 1. The Bertz CT molecular complexity index is 257. The van der Waals surface area contributed by atoms with E-state index in [-0.39, 0.29) is 17.7 Å². The number of hydrogen-bond donors (Lipinski definition) is 4. The van der Waals surface area contributed by atoms with Gasteiger partial charge in [-0.05, 0) is 0 Å². The third-order valence-electron chi connectivity index (χ3n) is 2.54. The van der Waals surface area contributed by atoms with E-state index in [9.17, 15) is 14.7 Å². The maximum atomic E-state index is 11.5. The molecular formula is C9H17N3O3. The zero-order valence-corrected chi connectivity index (χ0v) is 8.91. The number of carbonyl (C=O) groups is 2. The topological polar surface area (TPSA) is 90.5 Å². The molecule has 1 heterocycles. The van der Waals surface area contributed by atoms with Crippen molar-refractivity contribution in [2.45, 2.75) is 19.1 Å². The lowest BCUT2D eigenvalue weighted by Gasteiger charge is -2.24. The van der Waals surface area contributed by atoms with Crippen LogP contribution < -0.4 is 16.0 Å². The Kier molecular flexibility index (Phi) is 4.05. The Hall–Kier alpha value is -1.14. The number of likely N-dealkylation sites (N-methyl/N-ethyl adjacent to an activating group) is 1. The fourth-order valence-corrected chi connectivity index (χ4v) is 1.77. The summed E-state index contributed by atoms with van der Waals surface area (Å²) in [7, 11) is 1.51. The Morgan fingerprint density at radius 1 is 1.47 bits per heavy atom. The highest BCUT2D eigenvalue weighted by Crippen LogP contribution is 2.14. The lowest BCUT2D eigenvalue weighted by Crippen LogP contribution is -2.52. The molecule has 1 aliphatic rings. The highest BCUT2D eigenvalue weighted by atomic mass is 16.3. The number of amides is 2. The quantitative estimate of drug-likeness (QED) is 0.431. The smallest absolute Gasteiger partial charge is 0.242 e. The van der Waals surface area contributed by atoms with Gasteiger partial charge in [-0.1, -0.05) is 0 Å². The van der Waals surface area contributed by atoms with E-state index in [1.54, 1.807) is 0 Å². The van der Waals surface area contributed by atoms with Gasteiger partial charge in [-0.25, -0.2) is 0 Å². The first-order valence-electron chi connectivity index (χ1n) is 4.93. The van der Waals surface area contributed by atoms with Crippen LogP contribution in [0.1, 0.15) is 6.92 Å². The molecular weight excluding hydrogens is 198 g/mol. The van der Waals surface area contributed by atoms with Crippen LogP contribution in [0.5, 0.6) is 0 Å². The van der Waals surface area contributed by atoms with Crippen LogP contribution >= 0.6 is 0 Å². The maximum absolute atomic E-state index is 11.5. The monoisotopic (exact) mass is 215 g/mol. The zero-order valence-electron chi connectivity index (χ0n) is 8.91. The second-order valence-corrected chi connectivity index (χ2v) is 3.68. The molecule has 0 radical (unpaired) electrons. The van der Waals surface area contributed by atoms with Crippen molar-refractivity contribution < 1.29 is 14.7 Å². The number of nitrogens with one attached hydrogen (secondary N) is 3. The number of carbonyl (C=O) groups excluding carboxylic acids is 2. The molecule has 6 heteroatoms. The van der Waals surface area contributed by atoms with Gasteiger partial charge in [0, 0.05) is 33.0 Å². The summed E-state index contributed by atoms with van der Waals surface area (Å²) in [5.41, 5.74) is 0. The normalized spacial score (nSPS) is 27.1. The average Bonchev–Trinajstić information content (AvgIpc) is 2.59. The summed E-state index contributed by atoms with van der Waals surface area (Å²) in [5, 5.41) is 17.6. The van der Waals surface area contributed by atoms with Gasteiger partial charge in [0.2, 0.25) is 11.8 Å². The molecule has 0 aromatic heterocycles. The van der Waals surface area contributed by atoms with Gasteiger partial charge in [-0.3, -0.25) is 9.59 Å². The number of β-amino-alcohol motifs (C(OH)–C–C–N with tert-alkyl or cyclic N) is 1. The van der Waals surface area contributed by atoms with Crippen LogP contribution in [0.25, 0.3) is 0 Å². The Labute approximate surface area is 88.4 Å². The van der Waals surface area contributed by atoms with Crippen LogP contribution in [0.4, 0.5) is 0 Å². The fourth-order valence-electron chi connectivity index (χ4n) is 1.77. The average molecular weight is 215 g/mol. The lowest BCUT2D eigenvalue weighted by atomic mass is 9.95. The molecule has 0 saturated carbocycles. The van der Waals surface area contributed by atoms with Crippen molar-refractivity contribution in [2.75, 3.05) is 20.1 Å². The molecule has 0 aromatic rings. The molecule has 2 unspecified atom stereocenters. The summed E-state index contributed by atoms with van der Waals surface area (Å²) in [6, 6.07) is -0.669. The largest absolute Gasteiger partial charge is 0.391 e. The number of aliphatic hydroxyl groups excluding tert-OH is 1. The second kappa shape index (κ2) is 5.09. The van der Waals surface area contributed by atoms with Crippen LogP contribution in [0, 0.1) is 5.92 Å². The minimum Gasteiger partial charge on any atom is -0.391 e. The number of rotatable bonds is 3. The zero-order chi connectivity index (χ0) is 11.4. The molecule has 6 nitrogen and oxygen atoms in total. The predicted octanol–water partition coefficient (Wildman–Crippen LogP) is -2.18. The molecule has 0 aliphatic carbocycles. The molecule has 15 heavy (non-hydrogen) atoms. The van der Waals surface area contributed by atoms with Crippen molar-refractivity contribution >= 4 is 11.8 Å². The van der Waals surface area contributed by atoms with Gasteiger partial charge in [-0.15, -0.1) is 0 Å². The fraction of sp³-hybridized carbons (Fsp3) is 0.778. The maximum Gasteiger partial charge on any atom is 0.242 e. The molecule has 0 bridgehead atoms. The highest BCUT2D eigenvalue weighted by Gasteiger charge is 2.36. The van der Waals surface area contributed by atoms with E-state index in [1.165, 1.54) is 14.0 Å². The highest BCUT2D eigenvalue weighted by molar-refractivity contribution is 5.87. The summed E-state index contributed by atoms with van der Waals surface area (Å²) in [6.45, 7) is 2.34. The van der Waals surface area contributed by atoms with Gasteiger partial charge < -0.3 is 21.1 Å². The van der Waals surface area contributed by atoms with Crippen molar-refractivity contribution in [3.63, 3.8) is 0 Å². The first kappa shape index (κ1) is 11.9. The first-order valence-corrected chi connectivity index (χ1v) is 4.93. The van der Waals surface area contributed by atoms with E-state index in [1.807, 2.05) is 0 Å². The van der Waals surface area contributed by atoms with Gasteiger partial charge in [-0.2, -0.15) is 0 Å². The Balaban J connectivity index is 2.70. The minimum atomic E-state index is -0.669. The molecule has 0 aromatic carbocycles. The standard InChI is InChI=1S/C9H17N3O3/c1-5(13)12-8(9(15)10-2)6-3-11-4-7(6)14/h6-8,11,14H,3-4H2,1-2H3,(H,10,15)(H,12,13)/t6?,7?,8-/m1/s1. The van der Waals surface area contributed by atoms with Crippen molar-refractivity contribution in [3.8, 4) is 0 Å². The molecule has 0 spiro atoms. The summed E-state index contributed by atoms with van der Waals surface area (Å²) >= 11 is 0. The molecule has 1 saturated heterocycles. The number of hydrogen-bond acceptors (Lipinski definition) is 4. The molecule has 2 amide bonds. The SMILES string of the molecule is CNC(=O)[C@H](NC(C)=O)C1CNCC1O. The van der Waals surface area contributed by atoms with Crippen molar-refractivity contribution in [3.05, 3.63) is 0 Å². The molecule has 1 aliphatic heterocycles. The van der Waals surface area contributed by atoms with Crippen LogP contribution in [0.2, 0.25) is 0 Å². The van der Waals surface area contributed by atoms with Crippen LogP contribution in [-0.2, 0) is 9.59 Å². The van der Waals surface area contributed by atoms with E-state index >= 15 is 0 Å². The van der Waals surface area contributed by atoms with E-state index in [0.29, 0.717) is 13.1 Å². The van der Waals surface area contributed by atoms with Crippen molar-refractivity contribution in [1.29, 1.82) is 0 Å². The van der Waals surface area contributed by atoms with Crippen LogP contribution in [0.3, 0.4) is 0 Å². The molecule has 1 fully saturated rings. The second-order valence-electron chi connectivity index (χ2n) is 3.68. The lowest BCUT2D eigenvalue weighted by molar-refractivity contribution is -0.129. The third kappa shape index (κ3) is 2.90. The first-order chi connectivity index (χ1) is 7.06. The van der Waals surface area contributed by atoms with Gasteiger partial charge in [0.1, 0.15) is 6.04 Å². The summed E-state index contributed by atoms with van der Waals surface area (Å²) in [4.78, 5) is 22.5. The van der Waals surface area contributed by atoms with Crippen molar-refractivity contribution in [2.24, 2.45) is 5.92 Å². The summed E-state index contributed by atoms with van der Waals surface area (Å²) in [6.07, 6.45) is -0.598. The van der Waals surface area contributed by atoms with E-state index in [0.717, 1.165) is 0 Å². The Morgan fingerprint density at radius 3 is 2.53 bits per heavy atom. The molecule has 3 atom stereocenters. The molecule has 1 rings (SSSR count). The minimum absolute atomic E-state index is 0.270. The van der Waals surface area contributed by atoms with Crippen LogP contribution in [-0.4, -0.2) is 49.2 Å². The van der Waals surface area contributed by atoms with Gasteiger partial charge >= 0.3 is 0 Å². The van der Waals surface area contributed by atoms with E-state index in [2.05, 4.69) is 16.0 Å². The van der Waals surface area contributed by atoms with E-state index in [4.69, 9.17) is 0 Å². The third-order valence-corrected chi connectivity index (χ3v) is 2.54. The summed E-state index contributed by atoms with van der Waals surface area (Å²) in [5.74, 6) is -0.825. The van der Waals surface area contributed by atoms with Gasteiger partial charge in [0.25, 0.3) is 0 Å². The van der Waals surface area contributed by atoms with Gasteiger partial charge in [0.15, 0.2) is 0 Å². The predicted molar refractivity (Wildman–Crippen MR) is 54.0 cm³/mol. The molecule has 4 N–H and O–H groups in total.